The molecule has 3 N–H and O–H groups in total. The first-order valence-corrected chi connectivity index (χ1v) is 6.98. The molecule has 19 heavy (non-hydrogen) atoms. The van der Waals surface area contributed by atoms with E-state index in [4.69, 9.17) is 10.5 Å². The largest absolute Gasteiger partial charge is 0.449 e. The lowest BCUT2D eigenvalue weighted by Crippen LogP contribution is -2.31. The van der Waals surface area contributed by atoms with Crippen molar-refractivity contribution in [2.75, 3.05) is 18.5 Å². The number of nitrogens with two attached hydrogens (primary N) is 1. The van der Waals surface area contributed by atoms with Crippen LogP contribution in [0.5, 0.6) is 0 Å². The Bertz CT molecular complexity index is 394. The molecule has 2 rings (SSSR count). The molecule has 1 aliphatic carbocycles. The van der Waals surface area contributed by atoms with Crippen molar-refractivity contribution in [3.05, 3.63) is 30.3 Å². The number of carbonyl (C=O) groups excluding carboxylic acids is 1. The first-order chi connectivity index (χ1) is 9.29. The third-order valence-corrected chi connectivity index (χ3v) is 3.82. The van der Waals surface area contributed by atoms with Gasteiger partial charge in [0.05, 0.1) is 6.61 Å². The number of benzene rings is 1. The minimum atomic E-state index is -0.382. The smallest absolute Gasteiger partial charge is 0.411 e. The number of ether oxygens (including phenoxy) is 1. The fourth-order valence-corrected chi connectivity index (χ4v) is 2.67. The molecule has 0 heterocycles. The molecule has 104 valence electrons. The maximum atomic E-state index is 11.7. The zero-order chi connectivity index (χ0) is 13.5. The molecule has 1 aliphatic rings. The highest BCUT2D eigenvalue weighted by Crippen LogP contribution is 2.29. The fraction of sp³-hybridized carbons (Fsp3) is 0.533. The third kappa shape index (κ3) is 4.24. The zero-order valence-electron chi connectivity index (χ0n) is 11.2. The number of hydrogen-bond acceptors (Lipinski definition) is 3. The molecule has 1 saturated carbocycles. The van der Waals surface area contributed by atoms with E-state index in [2.05, 4.69) is 5.32 Å². The van der Waals surface area contributed by atoms with Crippen molar-refractivity contribution >= 4 is 11.8 Å². The number of carbonyl (C=O) groups is 1. The Labute approximate surface area is 114 Å². The van der Waals surface area contributed by atoms with E-state index < -0.39 is 0 Å². The lowest BCUT2D eigenvalue weighted by Gasteiger charge is -2.30. The second-order valence-corrected chi connectivity index (χ2v) is 5.13. The number of amides is 1. The standard InChI is InChI=1S/C15H22N2O2/c16-10-12-6-4-5-7-13(12)11-19-15(18)17-14-8-2-1-3-9-14/h1-3,8-9,12-13H,4-7,10-11,16H2,(H,17,18). The third-order valence-electron chi connectivity index (χ3n) is 3.82. The quantitative estimate of drug-likeness (QED) is 0.876. The van der Waals surface area contributed by atoms with Gasteiger partial charge in [0.25, 0.3) is 0 Å². The first kappa shape index (κ1) is 13.9. The molecule has 0 bridgehead atoms. The van der Waals surface area contributed by atoms with Crippen molar-refractivity contribution in [1.29, 1.82) is 0 Å². The maximum Gasteiger partial charge on any atom is 0.411 e. The van der Waals surface area contributed by atoms with Gasteiger partial charge in [0, 0.05) is 5.69 Å². The fourth-order valence-electron chi connectivity index (χ4n) is 2.67. The van der Waals surface area contributed by atoms with Gasteiger partial charge in [-0.05, 0) is 43.4 Å². The highest BCUT2D eigenvalue weighted by atomic mass is 16.5. The van der Waals surface area contributed by atoms with Gasteiger partial charge >= 0.3 is 6.09 Å². The number of nitrogens with one attached hydrogen (secondary N) is 1. The van der Waals surface area contributed by atoms with Crippen LogP contribution < -0.4 is 11.1 Å². The molecule has 0 saturated heterocycles. The highest BCUT2D eigenvalue weighted by molar-refractivity contribution is 5.84. The van der Waals surface area contributed by atoms with E-state index in [1.165, 1.54) is 12.8 Å². The van der Waals surface area contributed by atoms with E-state index in [1.807, 2.05) is 30.3 Å². The summed E-state index contributed by atoms with van der Waals surface area (Å²) in [5.74, 6) is 0.915. The molecule has 1 aromatic rings. The highest BCUT2D eigenvalue weighted by Gasteiger charge is 2.25. The maximum absolute atomic E-state index is 11.7. The summed E-state index contributed by atoms with van der Waals surface area (Å²) < 4.78 is 5.31. The van der Waals surface area contributed by atoms with Crippen LogP contribution in [0.2, 0.25) is 0 Å². The number of anilines is 1. The molecule has 1 fully saturated rings. The topological polar surface area (TPSA) is 64.3 Å². The van der Waals surface area contributed by atoms with Crippen LogP contribution in [0.4, 0.5) is 10.5 Å². The minimum Gasteiger partial charge on any atom is -0.449 e. The Morgan fingerprint density at radius 1 is 1.21 bits per heavy atom. The van der Waals surface area contributed by atoms with Crippen molar-refractivity contribution < 1.29 is 9.53 Å². The van der Waals surface area contributed by atoms with E-state index in [0.29, 0.717) is 25.0 Å². The Morgan fingerprint density at radius 2 is 1.89 bits per heavy atom. The Balaban J connectivity index is 1.76. The molecule has 4 heteroatoms. The normalized spacial score (nSPS) is 22.8. The Kier molecular flexibility index (Phi) is 5.21. The summed E-state index contributed by atoms with van der Waals surface area (Å²) in [5, 5.41) is 2.72. The van der Waals surface area contributed by atoms with E-state index >= 15 is 0 Å². The van der Waals surface area contributed by atoms with E-state index in [1.54, 1.807) is 0 Å². The molecule has 1 amide bonds. The van der Waals surface area contributed by atoms with Crippen molar-refractivity contribution in [1.82, 2.24) is 0 Å². The predicted molar refractivity (Wildman–Crippen MR) is 75.9 cm³/mol. The molecule has 0 radical (unpaired) electrons. The average Bonchev–Trinajstić information content (AvgIpc) is 2.46. The van der Waals surface area contributed by atoms with Crippen LogP contribution in [0.3, 0.4) is 0 Å². The van der Waals surface area contributed by atoms with Crippen molar-refractivity contribution in [3.63, 3.8) is 0 Å². The van der Waals surface area contributed by atoms with Gasteiger partial charge in [0.15, 0.2) is 0 Å². The van der Waals surface area contributed by atoms with E-state index in [0.717, 1.165) is 18.5 Å². The van der Waals surface area contributed by atoms with Gasteiger partial charge in [-0.3, -0.25) is 5.32 Å². The number of hydrogen-bond donors (Lipinski definition) is 2. The molecule has 0 aromatic heterocycles. The van der Waals surface area contributed by atoms with Crippen LogP contribution in [0, 0.1) is 11.8 Å². The summed E-state index contributed by atoms with van der Waals surface area (Å²) >= 11 is 0. The second-order valence-electron chi connectivity index (χ2n) is 5.13. The van der Waals surface area contributed by atoms with Crippen molar-refractivity contribution in [2.45, 2.75) is 25.7 Å². The van der Waals surface area contributed by atoms with Crippen molar-refractivity contribution in [2.24, 2.45) is 17.6 Å². The number of para-hydroxylation sites is 1. The van der Waals surface area contributed by atoms with Gasteiger partial charge in [0.1, 0.15) is 0 Å². The molecule has 4 nitrogen and oxygen atoms in total. The SMILES string of the molecule is NCC1CCCCC1COC(=O)Nc1ccccc1. The predicted octanol–water partition coefficient (Wildman–Crippen LogP) is 3.00. The van der Waals surface area contributed by atoms with E-state index in [9.17, 15) is 4.79 Å². The Morgan fingerprint density at radius 3 is 2.58 bits per heavy atom. The monoisotopic (exact) mass is 262 g/mol. The lowest BCUT2D eigenvalue weighted by molar-refractivity contribution is 0.104. The van der Waals surface area contributed by atoms with Crippen LogP contribution in [0.25, 0.3) is 0 Å². The van der Waals surface area contributed by atoms with E-state index in [-0.39, 0.29) is 6.09 Å². The lowest BCUT2D eigenvalue weighted by atomic mass is 9.80. The Hall–Kier alpha value is -1.55. The van der Waals surface area contributed by atoms with Gasteiger partial charge in [-0.25, -0.2) is 4.79 Å². The van der Waals surface area contributed by atoms with Crippen LogP contribution >= 0.6 is 0 Å². The van der Waals surface area contributed by atoms with Gasteiger partial charge in [0.2, 0.25) is 0 Å². The molecular weight excluding hydrogens is 240 g/mol. The summed E-state index contributed by atoms with van der Waals surface area (Å²) in [4.78, 5) is 11.7. The van der Waals surface area contributed by atoms with Crippen LogP contribution in [-0.4, -0.2) is 19.2 Å². The molecule has 0 spiro atoms. The van der Waals surface area contributed by atoms with Crippen molar-refractivity contribution in [3.8, 4) is 0 Å². The van der Waals surface area contributed by atoms with Gasteiger partial charge < -0.3 is 10.5 Å². The van der Waals surface area contributed by atoms with Crippen LogP contribution in [-0.2, 0) is 4.74 Å². The summed E-state index contributed by atoms with van der Waals surface area (Å²) in [6, 6.07) is 9.34. The second kappa shape index (κ2) is 7.14. The minimum absolute atomic E-state index is 0.382. The molecular formula is C15H22N2O2. The summed E-state index contributed by atoms with van der Waals surface area (Å²) in [6.07, 6.45) is 4.35. The van der Waals surface area contributed by atoms with Crippen LogP contribution in [0.1, 0.15) is 25.7 Å². The molecule has 2 atom stereocenters. The summed E-state index contributed by atoms with van der Waals surface area (Å²) in [7, 11) is 0. The van der Waals surface area contributed by atoms with Gasteiger partial charge in [-0.15, -0.1) is 0 Å². The molecule has 2 unspecified atom stereocenters. The van der Waals surface area contributed by atoms with Gasteiger partial charge in [-0.2, -0.15) is 0 Å². The van der Waals surface area contributed by atoms with Crippen LogP contribution in [0.15, 0.2) is 30.3 Å². The van der Waals surface area contributed by atoms with Gasteiger partial charge in [-0.1, -0.05) is 31.0 Å². The first-order valence-electron chi connectivity index (χ1n) is 6.98. The summed E-state index contributed by atoms with van der Waals surface area (Å²) in [6.45, 7) is 1.16. The summed E-state index contributed by atoms with van der Waals surface area (Å²) in [5.41, 5.74) is 6.52. The number of rotatable bonds is 4. The molecule has 1 aromatic carbocycles. The molecule has 0 aliphatic heterocycles. The average molecular weight is 262 g/mol. The zero-order valence-corrected chi connectivity index (χ0v) is 11.2.